The monoisotopic (exact) mass is 394 g/mol. The van der Waals surface area contributed by atoms with Crippen molar-refractivity contribution in [3.8, 4) is 11.5 Å². The van der Waals surface area contributed by atoms with Crippen molar-refractivity contribution in [3.63, 3.8) is 0 Å². The molecule has 2 amide bonds. The van der Waals surface area contributed by atoms with Gasteiger partial charge in [-0.05, 0) is 36.4 Å². The molecule has 0 radical (unpaired) electrons. The van der Waals surface area contributed by atoms with E-state index in [1.165, 1.54) is 0 Å². The number of anilines is 1. The smallest absolute Gasteiger partial charge is 0.416 e. The lowest BCUT2D eigenvalue weighted by molar-refractivity contribution is -0.137. The van der Waals surface area contributed by atoms with Gasteiger partial charge in [0.1, 0.15) is 0 Å². The molecule has 0 fully saturated rings. The van der Waals surface area contributed by atoms with E-state index in [9.17, 15) is 22.8 Å². The van der Waals surface area contributed by atoms with E-state index in [1.54, 1.807) is 18.2 Å². The minimum atomic E-state index is -4.47. The average molecular weight is 394 g/mol. The molecule has 3 rings (SSSR count). The third-order valence-electron chi connectivity index (χ3n) is 3.92. The summed E-state index contributed by atoms with van der Waals surface area (Å²) in [4.78, 5) is 24.0. The average Bonchev–Trinajstić information content (AvgIpc) is 2.90. The zero-order chi connectivity index (χ0) is 20.1. The second kappa shape index (κ2) is 8.20. The van der Waals surface area contributed by atoms with Gasteiger partial charge in [-0.25, -0.2) is 0 Å². The molecule has 1 heterocycles. The molecule has 148 valence electrons. The van der Waals surface area contributed by atoms with E-state index in [0.29, 0.717) is 30.4 Å². The molecule has 28 heavy (non-hydrogen) atoms. The Morgan fingerprint density at radius 1 is 0.964 bits per heavy atom. The summed E-state index contributed by atoms with van der Waals surface area (Å²) in [5, 5.41) is 4.97. The van der Waals surface area contributed by atoms with Crippen molar-refractivity contribution in [2.45, 2.75) is 12.6 Å². The Balaban J connectivity index is 1.54. The number of alkyl halides is 3. The second-order valence-corrected chi connectivity index (χ2v) is 6.02. The summed E-state index contributed by atoms with van der Waals surface area (Å²) in [5.74, 6) is -0.0347. The molecule has 0 saturated heterocycles. The fraction of sp³-hybridized carbons (Fsp3) is 0.263. The Morgan fingerprint density at radius 3 is 2.32 bits per heavy atom. The molecule has 0 atom stereocenters. The van der Waals surface area contributed by atoms with Crippen LogP contribution >= 0.6 is 0 Å². The highest BCUT2D eigenvalue weighted by molar-refractivity contribution is 5.99. The molecule has 9 heteroatoms. The first kappa shape index (κ1) is 19.5. The third kappa shape index (κ3) is 4.93. The predicted octanol–water partition coefficient (Wildman–Crippen LogP) is 3.24. The molecule has 0 spiro atoms. The molecule has 0 aliphatic carbocycles. The van der Waals surface area contributed by atoms with E-state index >= 15 is 0 Å². The summed E-state index contributed by atoms with van der Waals surface area (Å²) < 4.78 is 48.7. The van der Waals surface area contributed by atoms with Crippen LogP contribution in [0.4, 0.5) is 18.9 Å². The molecule has 6 nitrogen and oxygen atoms in total. The summed E-state index contributed by atoms with van der Waals surface area (Å²) in [6.07, 6.45) is -3.72. The highest BCUT2D eigenvalue weighted by Crippen LogP contribution is 2.32. The number of hydrogen-bond donors (Lipinski definition) is 2. The zero-order valence-corrected chi connectivity index (χ0v) is 14.6. The van der Waals surface area contributed by atoms with Gasteiger partial charge in [0.15, 0.2) is 11.5 Å². The third-order valence-corrected chi connectivity index (χ3v) is 3.92. The van der Waals surface area contributed by atoms with Crippen LogP contribution in [0.5, 0.6) is 11.5 Å². The lowest BCUT2D eigenvalue weighted by Gasteiger charge is -2.11. The molecule has 0 unspecified atom stereocenters. The Morgan fingerprint density at radius 2 is 1.64 bits per heavy atom. The molecular weight excluding hydrogens is 377 g/mol. The minimum Gasteiger partial charge on any atom is -0.490 e. The molecule has 2 aromatic rings. The van der Waals surface area contributed by atoms with Gasteiger partial charge in [0, 0.05) is 23.7 Å². The molecule has 1 aliphatic heterocycles. The Kier molecular flexibility index (Phi) is 5.72. The van der Waals surface area contributed by atoms with E-state index in [0.717, 1.165) is 30.7 Å². The topological polar surface area (TPSA) is 76.7 Å². The van der Waals surface area contributed by atoms with Crippen molar-refractivity contribution in [1.29, 1.82) is 0 Å². The first-order valence-corrected chi connectivity index (χ1v) is 8.48. The summed E-state index contributed by atoms with van der Waals surface area (Å²) in [7, 11) is 0. The van der Waals surface area contributed by atoms with Crippen LogP contribution in [-0.4, -0.2) is 31.6 Å². The molecule has 1 aliphatic rings. The fourth-order valence-corrected chi connectivity index (χ4v) is 2.52. The van der Waals surface area contributed by atoms with Crippen molar-refractivity contribution >= 4 is 17.5 Å². The van der Waals surface area contributed by atoms with Gasteiger partial charge in [0.05, 0.1) is 25.3 Å². The van der Waals surface area contributed by atoms with E-state index in [4.69, 9.17) is 9.47 Å². The summed E-state index contributed by atoms with van der Waals surface area (Å²) >= 11 is 0. The van der Waals surface area contributed by atoms with E-state index < -0.39 is 23.6 Å². The van der Waals surface area contributed by atoms with Gasteiger partial charge in [0.2, 0.25) is 5.91 Å². The highest BCUT2D eigenvalue weighted by atomic mass is 19.4. The lowest BCUT2D eigenvalue weighted by Crippen LogP contribution is -2.32. The number of ether oxygens (including phenoxy) is 2. The van der Waals surface area contributed by atoms with Crippen LogP contribution in [-0.2, 0) is 11.0 Å². The maximum Gasteiger partial charge on any atom is 0.416 e. The summed E-state index contributed by atoms with van der Waals surface area (Å²) in [5.41, 5.74) is -0.356. The van der Waals surface area contributed by atoms with Crippen LogP contribution < -0.4 is 20.1 Å². The van der Waals surface area contributed by atoms with Gasteiger partial charge in [-0.2, -0.15) is 13.2 Å². The van der Waals surface area contributed by atoms with Crippen molar-refractivity contribution in [2.24, 2.45) is 0 Å². The number of nitrogens with one attached hydrogen (secondary N) is 2. The highest BCUT2D eigenvalue weighted by Gasteiger charge is 2.30. The standard InChI is InChI=1S/C19H17F3N2O4/c20-19(21,22)13-4-2-12(3-5-13)18(26)23-11-17(25)24-14-6-7-15-16(10-14)28-9-1-8-27-15/h2-7,10H,1,8-9,11H2,(H,23,26)(H,24,25). The molecule has 2 aromatic carbocycles. The molecule has 0 aromatic heterocycles. The van der Waals surface area contributed by atoms with Crippen LogP contribution in [0.3, 0.4) is 0 Å². The SMILES string of the molecule is O=C(CNC(=O)c1ccc(C(F)(F)F)cc1)Nc1ccc2c(c1)OCCCO2. The Hall–Kier alpha value is -3.23. The van der Waals surface area contributed by atoms with Crippen LogP contribution in [0.1, 0.15) is 22.3 Å². The van der Waals surface area contributed by atoms with Gasteiger partial charge in [0.25, 0.3) is 5.91 Å². The minimum absolute atomic E-state index is 0.0244. The summed E-state index contributed by atoms with van der Waals surface area (Å²) in [6, 6.07) is 8.68. The van der Waals surface area contributed by atoms with Crippen LogP contribution in [0.15, 0.2) is 42.5 Å². The lowest BCUT2D eigenvalue weighted by atomic mass is 10.1. The fourth-order valence-electron chi connectivity index (χ4n) is 2.52. The molecular formula is C19H17F3N2O4. The number of halogens is 3. The van der Waals surface area contributed by atoms with Crippen molar-refractivity contribution in [2.75, 3.05) is 25.1 Å². The van der Waals surface area contributed by atoms with Gasteiger partial charge < -0.3 is 20.1 Å². The van der Waals surface area contributed by atoms with Crippen molar-refractivity contribution in [3.05, 3.63) is 53.6 Å². The number of fused-ring (bicyclic) bond motifs is 1. The molecule has 2 N–H and O–H groups in total. The summed E-state index contributed by atoms with van der Waals surface area (Å²) in [6.45, 7) is 0.719. The number of carbonyl (C=O) groups is 2. The number of hydrogen-bond acceptors (Lipinski definition) is 4. The predicted molar refractivity (Wildman–Crippen MR) is 94.5 cm³/mol. The van der Waals surface area contributed by atoms with Gasteiger partial charge in [-0.1, -0.05) is 0 Å². The Labute approximate surface area is 158 Å². The first-order valence-electron chi connectivity index (χ1n) is 8.48. The van der Waals surface area contributed by atoms with Crippen molar-refractivity contribution in [1.82, 2.24) is 5.32 Å². The maximum absolute atomic E-state index is 12.5. The normalized spacial score (nSPS) is 13.4. The number of rotatable bonds is 4. The second-order valence-electron chi connectivity index (χ2n) is 6.02. The Bertz CT molecular complexity index is 866. The van der Waals surface area contributed by atoms with E-state index in [1.807, 2.05) is 0 Å². The van der Waals surface area contributed by atoms with Gasteiger partial charge in [-0.3, -0.25) is 9.59 Å². The van der Waals surface area contributed by atoms with Crippen LogP contribution in [0.25, 0.3) is 0 Å². The van der Waals surface area contributed by atoms with Crippen LogP contribution in [0.2, 0.25) is 0 Å². The van der Waals surface area contributed by atoms with E-state index in [2.05, 4.69) is 10.6 Å². The maximum atomic E-state index is 12.5. The van der Waals surface area contributed by atoms with Crippen LogP contribution in [0, 0.1) is 0 Å². The first-order chi connectivity index (χ1) is 13.3. The number of carbonyl (C=O) groups excluding carboxylic acids is 2. The van der Waals surface area contributed by atoms with Gasteiger partial charge in [-0.15, -0.1) is 0 Å². The van der Waals surface area contributed by atoms with Gasteiger partial charge >= 0.3 is 6.18 Å². The number of benzene rings is 2. The quantitative estimate of drug-likeness (QED) is 0.835. The molecule has 0 bridgehead atoms. The largest absolute Gasteiger partial charge is 0.490 e. The zero-order valence-electron chi connectivity index (χ0n) is 14.6. The van der Waals surface area contributed by atoms with E-state index in [-0.39, 0.29) is 12.1 Å². The van der Waals surface area contributed by atoms with Crippen molar-refractivity contribution < 1.29 is 32.2 Å². The molecule has 0 saturated carbocycles. The number of amides is 2.